The van der Waals surface area contributed by atoms with Crippen molar-refractivity contribution in [3.8, 4) is 0 Å². The summed E-state index contributed by atoms with van der Waals surface area (Å²) in [5.74, 6) is -1.45. The summed E-state index contributed by atoms with van der Waals surface area (Å²) in [6.45, 7) is 7.31. The van der Waals surface area contributed by atoms with Crippen molar-refractivity contribution in [1.29, 1.82) is 0 Å². The van der Waals surface area contributed by atoms with Gasteiger partial charge in [0.2, 0.25) is 0 Å². The third kappa shape index (κ3) is 3.69. The summed E-state index contributed by atoms with van der Waals surface area (Å²) < 4.78 is 9.70. The highest BCUT2D eigenvalue weighted by Crippen LogP contribution is 2.52. The molecule has 112 valence electrons. The van der Waals surface area contributed by atoms with E-state index >= 15 is 0 Å². The summed E-state index contributed by atoms with van der Waals surface area (Å²) in [5.41, 5.74) is -0.143. The Labute approximate surface area is 125 Å². The number of carbonyl (C=O) groups is 2. The standard InChI is InChI=1S/C12H17NO5S2/c1-5-17-8(14)7(9(15)18-6-2)10-19-11(13-16)12(3,4)20-10/h16H,5-6H2,1-4H3/b13-11-. The second-order valence-corrected chi connectivity index (χ2v) is 7.11. The lowest BCUT2D eigenvalue weighted by atomic mass is 10.2. The van der Waals surface area contributed by atoms with Crippen LogP contribution in [0.4, 0.5) is 0 Å². The molecular weight excluding hydrogens is 302 g/mol. The molecule has 0 aromatic carbocycles. The van der Waals surface area contributed by atoms with Crippen LogP contribution < -0.4 is 0 Å². The van der Waals surface area contributed by atoms with Gasteiger partial charge in [0, 0.05) is 0 Å². The van der Waals surface area contributed by atoms with E-state index < -0.39 is 16.7 Å². The van der Waals surface area contributed by atoms with Crippen molar-refractivity contribution in [2.24, 2.45) is 5.16 Å². The van der Waals surface area contributed by atoms with Crippen molar-refractivity contribution < 1.29 is 24.3 Å². The molecule has 1 aliphatic rings. The maximum absolute atomic E-state index is 11.9. The predicted molar refractivity (Wildman–Crippen MR) is 78.8 cm³/mol. The van der Waals surface area contributed by atoms with Crippen LogP contribution in [0.2, 0.25) is 0 Å². The van der Waals surface area contributed by atoms with Gasteiger partial charge >= 0.3 is 11.9 Å². The van der Waals surface area contributed by atoms with Gasteiger partial charge in [0.1, 0.15) is 5.04 Å². The van der Waals surface area contributed by atoms with Gasteiger partial charge in [0.05, 0.1) is 22.2 Å². The van der Waals surface area contributed by atoms with Gasteiger partial charge in [-0.1, -0.05) is 16.9 Å². The summed E-state index contributed by atoms with van der Waals surface area (Å²) in [6, 6.07) is 0. The SMILES string of the molecule is CCOC(=O)C(C(=O)OCC)=C1S/C(=N\O)C(C)(C)S1. The summed E-state index contributed by atoms with van der Waals surface area (Å²) >= 11 is 2.34. The van der Waals surface area contributed by atoms with Crippen LogP contribution >= 0.6 is 23.5 Å². The minimum absolute atomic E-state index is 0.143. The molecule has 0 amide bonds. The molecule has 1 N–H and O–H groups in total. The lowest BCUT2D eigenvalue weighted by molar-refractivity contribution is -0.146. The molecular formula is C12H17NO5S2. The molecule has 0 atom stereocenters. The van der Waals surface area contributed by atoms with Crippen LogP contribution in [-0.4, -0.2) is 40.2 Å². The number of carbonyl (C=O) groups excluding carboxylic acids is 2. The zero-order chi connectivity index (χ0) is 15.3. The van der Waals surface area contributed by atoms with Crippen molar-refractivity contribution in [3.63, 3.8) is 0 Å². The van der Waals surface area contributed by atoms with Crippen molar-refractivity contribution in [3.05, 3.63) is 9.81 Å². The second kappa shape index (κ2) is 7.03. The average Bonchev–Trinajstić information content (AvgIpc) is 2.65. The molecule has 1 rings (SSSR count). The number of rotatable bonds is 4. The fourth-order valence-electron chi connectivity index (χ4n) is 1.41. The average molecular weight is 319 g/mol. The van der Waals surface area contributed by atoms with Gasteiger partial charge in [0.15, 0.2) is 5.57 Å². The van der Waals surface area contributed by atoms with Gasteiger partial charge in [-0.15, -0.1) is 11.8 Å². The molecule has 0 radical (unpaired) electrons. The van der Waals surface area contributed by atoms with Gasteiger partial charge in [-0.2, -0.15) is 0 Å². The number of nitrogens with zero attached hydrogens (tertiary/aromatic N) is 1. The van der Waals surface area contributed by atoms with E-state index in [1.807, 2.05) is 13.8 Å². The van der Waals surface area contributed by atoms with Gasteiger partial charge in [0.25, 0.3) is 0 Å². The Hall–Kier alpha value is -1.15. The maximum atomic E-state index is 11.9. The third-order valence-electron chi connectivity index (χ3n) is 2.31. The third-order valence-corrected chi connectivity index (χ3v) is 5.20. The van der Waals surface area contributed by atoms with E-state index in [4.69, 9.17) is 14.7 Å². The van der Waals surface area contributed by atoms with Crippen LogP contribution in [0, 0.1) is 0 Å². The second-order valence-electron chi connectivity index (χ2n) is 4.22. The maximum Gasteiger partial charge on any atom is 0.347 e. The first-order valence-electron chi connectivity index (χ1n) is 6.05. The van der Waals surface area contributed by atoms with Gasteiger partial charge in [-0.25, -0.2) is 9.59 Å². The summed E-state index contributed by atoms with van der Waals surface area (Å²) in [5, 5.41) is 12.6. The number of hydrogen-bond donors (Lipinski definition) is 1. The molecule has 1 fully saturated rings. The number of oxime groups is 1. The molecule has 20 heavy (non-hydrogen) atoms. The van der Waals surface area contributed by atoms with Crippen molar-refractivity contribution in [1.82, 2.24) is 0 Å². The molecule has 0 aliphatic carbocycles. The zero-order valence-electron chi connectivity index (χ0n) is 11.8. The van der Waals surface area contributed by atoms with E-state index in [0.29, 0.717) is 9.28 Å². The Balaban J connectivity index is 3.20. The molecule has 0 bridgehead atoms. The van der Waals surface area contributed by atoms with Gasteiger partial charge < -0.3 is 14.7 Å². The first-order valence-corrected chi connectivity index (χ1v) is 7.68. The van der Waals surface area contributed by atoms with Crippen molar-refractivity contribution >= 4 is 40.5 Å². The summed E-state index contributed by atoms with van der Waals surface area (Å²) in [7, 11) is 0. The van der Waals surface area contributed by atoms with Crippen LogP contribution in [0.1, 0.15) is 27.7 Å². The first kappa shape index (κ1) is 16.9. The van der Waals surface area contributed by atoms with Crippen LogP contribution in [0.3, 0.4) is 0 Å². The Morgan fingerprint density at radius 3 is 2.05 bits per heavy atom. The van der Waals surface area contributed by atoms with Gasteiger partial charge in [-0.05, 0) is 27.7 Å². The monoisotopic (exact) mass is 319 g/mol. The lowest BCUT2D eigenvalue weighted by Crippen LogP contribution is -2.20. The van der Waals surface area contributed by atoms with E-state index in [-0.39, 0.29) is 18.8 Å². The minimum atomic E-state index is -0.726. The molecule has 1 aliphatic heterocycles. The number of ether oxygens (including phenoxy) is 2. The Morgan fingerprint density at radius 2 is 1.70 bits per heavy atom. The fraction of sp³-hybridized carbons (Fsp3) is 0.583. The highest BCUT2D eigenvalue weighted by molar-refractivity contribution is 8.35. The normalized spacial score (nSPS) is 19.0. The number of esters is 2. The van der Waals surface area contributed by atoms with Crippen LogP contribution in [-0.2, 0) is 19.1 Å². The fourth-order valence-corrected chi connectivity index (χ4v) is 4.28. The van der Waals surface area contributed by atoms with Crippen molar-refractivity contribution in [2.75, 3.05) is 13.2 Å². The minimum Gasteiger partial charge on any atom is -0.462 e. The lowest BCUT2D eigenvalue weighted by Gasteiger charge is -2.13. The smallest absolute Gasteiger partial charge is 0.347 e. The van der Waals surface area contributed by atoms with Crippen LogP contribution in [0.15, 0.2) is 15.0 Å². The van der Waals surface area contributed by atoms with Crippen molar-refractivity contribution in [2.45, 2.75) is 32.4 Å². The topological polar surface area (TPSA) is 85.2 Å². The highest BCUT2D eigenvalue weighted by atomic mass is 32.2. The van der Waals surface area contributed by atoms with E-state index in [1.54, 1.807) is 13.8 Å². The molecule has 0 spiro atoms. The largest absolute Gasteiger partial charge is 0.462 e. The van der Waals surface area contributed by atoms with Crippen LogP contribution in [0.5, 0.6) is 0 Å². The molecule has 0 unspecified atom stereocenters. The molecule has 1 heterocycles. The molecule has 0 aromatic heterocycles. The van der Waals surface area contributed by atoms with Crippen LogP contribution in [0.25, 0.3) is 0 Å². The molecule has 1 saturated heterocycles. The quantitative estimate of drug-likeness (QED) is 0.213. The number of thioether (sulfide) groups is 2. The molecule has 6 nitrogen and oxygen atoms in total. The Kier molecular flexibility index (Phi) is 5.94. The van der Waals surface area contributed by atoms with E-state index in [2.05, 4.69) is 5.16 Å². The van der Waals surface area contributed by atoms with E-state index in [9.17, 15) is 9.59 Å². The zero-order valence-corrected chi connectivity index (χ0v) is 13.4. The molecule has 0 aromatic rings. The molecule has 8 heteroatoms. The first-order chi connectivity index (χ1) is 9.37. The summed E-state index contributed by atoms with van der Waals surface area (Å²) in [4.78, 5) is 23.9. The Bertz CT molecular complexity index is 450. The van der Waals surface area contributed by atoms with E-state index in [0.717, 1.165) is 11.8 Å². The van der Waals surface area contributed by atoms with E-state index in [1.165, 1.54) is 11.8 Å². The predicted octanol–water partition coefficient (Wildman–Crippen LogP) is 2.37. The summed E-state index contributed by atoms with van der Waals surface area (Å²) in [6.07, 6.45) is 0. The highest BCUT2D eigenvalue weighted by Gasteiger charge is 2.41. The molecule has 0 saturated carbocycles. The Morgan fingerprint density at radius 1 is 1.20 bits per heavy atom. The number of hydrogen-bond acceptors (Lipinski definition) is 8. The van der Waals surface area contributed by atoms with Gasteiger partial charge in [-0.3, -0.25) is 0 Å².